The summed E-state index contributed by atoms with van der Waals surface area (Å²) in [6.45, 7) is 0.726. The van der Waals surface area contributed by atoms with E-state index in [-0.39, 0.29) is 31.5 Å². The first-order valence-corrected chi connectivity index (χ1v) is 9.02. The standard InChI is InChI=1S/C20H19N5O4/c1-24-19(15-4-2-3-9-21-15)23-25(20(24)27)11-10-22-18(26)8-6-14-5-7-16-17(12-14)29-13-28-16/h2-9,12H,10-11,13H2,1H3,(H,22,26)/b8-6+. The van der Waals surface area contributed by atoms with Gasteiger partial charge in [-0.3, -0.25) is 14.3 Å². The number of benzene rings is 1. The van der Waals surface area contributed by atoms with Crippen LogP contribution in [0, 0.1) is 0 Å². The Bertz CT molecular complexity index is 1120. The summed E-state index contributed by atoms with van der Waals surface area (Å²) in [6.07, 6.45) is 4.76. The van der Waals surface area contributed by atoms with E-state index in [2.05, 4.69) is 15.4 Å². The third-order valence-corrected chi connectivity index (χ3v) is 4.38. The van der Waals surface area contributed by atoms with Crippen LogP contribution in [0.5, 0.6) is 11.5 Å². The first-order valence-electron chi connectivity index (χ1n) is 9.02. The predicted molar refractivity (Wildman–Crippen MR) is 105 cm³/mol. The molecule has 0 spiro atoms. The summed E-state index contributed by atoms with van der Waals surface area (Å²) in [5.74, 6) is 1.56. The van der Waals surface area contributed by atoms with Crippen molar-refractivity contribution in [3.8, 4) is 23.0 Å². The summed E-state index contributed by atoms with van der Waals surface area (Å²) < 4.78 is 13.3. The molecule has 1 N–H and O–H groups in total. The molecule has 3 heterocycles. The summed E-state index contributed by atoms with van der Waals surface area (Å²) in [7, 11) is 1.64. The Kier molecular flexibility index (Phi) is 5.10. The molecule has 4 rings (SSSR count). The van der Waals surface area contributed by atoms with Crippen LogP contribution in [0.1, 0.15) is 5.56 Å². The highest BCUT2D eigenvalue weighted by Crippen LogP contribution is 2.32. The second-order valence-electron chi connectivity index (χ2n) is 6.34. The number of pyridine rings is 1. The van der Waals surface area contributed by atoms with Crippen molar-refractivity contribution in [1.29, 1.82) is 0 Å². The SMILES string of the molecule is Cn1c(-c2ccccn2)nn(CCNC(=O)/C=C/c2ccc3c(c2)OCO3)c1=O. The van der Waals surface area contributed by atoms with Crippen molar-refractivity contribution in [3.63, 3.8) is 0 Å². The maximum absolute atomic E-state index is 12.3. The van der Waals surface area contributed by atoms with Crippen molar-refractivity contribution in [3.05, 3.63) is 64.7 Å². The molecule has 29 heavy (non-hydrogen) atoms. The van der Waals surface area contributed by atoms with Crippen molar-refractivity contribution < 1.29 is 14.3 Å². The molecule has 2 aromatic heterocycles. The molecule has 3 aromatic rings. The fourth-order valence-corrected chi connectivity index (χ4v) is 2.88. The van der Waals surface area contributed by atoms with Gasteiger partial charge < -0.3 is 14.8 Å². The van der Waals surface area contributed by atoms with E-state index in [9.17, 15) is 9.59 Å². The molecule has 0 unspecified atom stereocenters. The number of nitrogens with one attached hydrogen (secondary N) is 1. The van der Waals surface area contributed by atoms with Crippen LogP contribution in [-0.2, 0) is 18.4 Å². The highest BCUT2D eigenvalue weighted by molar-refractivity contribution is 5.91. The van der Waals surface area contributed by atoms with Crippen LogP contribution in [0.2, 0.25) is 0 Å². The fraction of sp³-hybridized carbons (Fsp3) is 0.200. The number of aromatic nitrogens is 4. The quantitative estimate of drug-likeness (QED) is 0.632. The second-order valence-corrected chi connectivity index (χ2v) is 6.34. The Labute approximate surface area is 166 Å². The van der Waals surface area contributed by atoms with Gasteiger partial charge in [0.2, 0.25) is 12.7 Å². The lowest BCUT2D eigenvalue weighted by atomic mass is 10.2. The van der Waals surface area contributed by atoms with Gasteiger partial charge in [0, 0.05) is 25.9 Å². The third kappa shape index (κ3) is 4.03. The van der Waals surface area contributed by atoms with E-state index in [0.29, 0.717) is 23.0 Å². The zero-order valence-corrected chi connectivity index (χ0v) is 15.7. The highest BCUT2D eigenvalue weighted by Gasteiger charge is 2.13. The van der Waals surface area contributed by atoms with Gasteiger partial charge in [-0.1, -0.05) is 12.1 Å². The maximum Gasteiger partial charge on any atom is 0.346 e. The van der Waals surface area contributed by atoms with Crippen LogP contribution in [0.15, 0.2) is 53.5 Å². The second kappa shape index (κ2) is 8.01. The number of rotatable bonds is 6. The average Bonchev–Trinajstić information content (AvgIpc) is 3.32. The van der Waals surface area contributed by atoms with Gasteiger partial charge in [0.15, 0.2) is 17.3 Å². The zero-order valence-electron chi connectivity index (χ0n) is 15.7. The number of amides is 1. The largest absolute Gasteiger partial charge is 0.454 e. The lowest BCUT2D eigenvalue weighted by molar-refractivity contribution is -0.116. The van der Waals surface area contributed by atoms with E-state index >= 15 is 0 Å². The van der Waals surface area contributed by atoms with Gasteiger partial charge in [-0.25, -0.2) is 9.48 Å². The van der Waals surface area contributed by atoms with Gasteiger partial charge in [0.1, 0.15) is 5.69 Å². The first kappa shape index (κ1) is 18.5. The highest BCUT2D eigenvalue weighted by atomic mass is 16.7. The Morgan fingerprint density at radius 3 is 2.93 bits per heavy atom. The number of ether oxygens (including phenoxy) is 2. The fourth-order valence-electron chi connectivity index (χ4n) is 2.88. The molecular weight excluding hydrogens is 374 g/mol. The van der Waals surface area contributed by atoms with Crippen LogP contribution in [-0.4, -0.2) is 38.6 Å². The minimum absolute atomic E-state index is 0.206. The van der Waals surface area contributed by atoms with Crippen LogP contribution in [0.25, 0.3) is 17.6 Å². The molecule has 0 bridgehead atoms. The van der Waals surface area contributed by atoms with Crippen LogP contribution in [0.4, 0.5) is 0 Å². The molecule has 1 amide bonds. The number of carbonyl (C=O) groups excluding carboxylic acids is 1. The van der Waals surface area contributed by atoms with Gasteiger partial charge in [-0.15, -0.1) is 5.10 Å². The Balaban J connectivity index is 1.34. The Hall–Kier alpha value is -3.88. The first-order chi connectivity index (χ1) is 14.1. The van der Waals surface area contributed by atoms with Crippen LogP contribution >= 0.6 is 0 Å². The predicted octanol–water partition coefficient (Wildman–Crippen LogP) is 1.20. The summed E-state index contributed by atoms with van der Waals surface area (Å²) in [5.41, 5.74) is 1.17. The third-order valence-electron chi connectivity index (χ3n) is 4.38. The summed E-state index contributed by atoms with van der Waals surface area (Å²) in [4.78, 5) is 28.6. The van der Waals surface area contributed by atoms with Crippen molar-refractivity contribution in [2.24, 2.45) is 7.05 Å². The molecule has 148 valence electrons. The molecule has 0 aliphatic carbocycles. The molecule has 1 aliphatic rings. The van der Waals surface area contributed by atoms with Gasteiger partial charge in [0.25, 0.3) is 0 Å². The van der Waals surface area contributed by atoms with E-state index in [1.807, 2.05) is 12.1 Å². The number of fused-ring (bicyclic) bond motifs is 1. The van der Waals surface area contributed by atoms with Gasteiger partial charge in [-0.05, 0) is 35.9 Å². The van der Waals surface area contributed by atoms with Gasteiger partial charge in [0.05, 0.1) is 6.54 Å². The lowest BCUT2D eigenvalue weighted by Crippen LogP contribution is -2.30. The van der Waals surface area contributed by atoms with Crippen molar-refractivity contribution >= 4 is 12.0 Å². The molecule has 1 aliphatic heterocycles. The summed E-state index contributed by atoms with van der Waals surface area (Å²) >= 11 is 0. The van der Waals surface area contributed by atoms with Crippen molar-refractivity contribution in [2.45, 2.75) is 6.54 Å². The Morgan fingerprint density at radius 1 is 1.24 bits per heavy atom. The van der Waals surface area contributed by atoms with Crippen molar-refractivity contribution in [1.82, 2.24) is 24.6 Å². The molecule has 9 nitrogen and oxygen atoms in total. The topological polar surface area (TPSA) is 100 Å². The zero-order chi connectivity index (χ0) is 20.2. The van der Waals surface area contributed by atoms with Gasteiger partial charge >= 0.3 is 5.69 Å². The minimum Gasteiger partial charge on any atom is -0.454 e. The molecular formula is C20H19N5O4. The number of nitrogens with zero attached hydrogens (tertiary/aromatic N) is 4. The molecule has 9 heteroatoms. The van der Waals surface area contributed by atoms with Crippen LogP contribution < -0.4 is 20.5 Å². The molecule has 0 radical (unpaired) electrons. The van der Waals surface area contributed by atoms with E-state index in [1.165, 1.54) is 15.3 Å². The summed E-state index contributed by atoms with van der Waals surface area (Å²) in [5, 5.41) is 7.06. The van der Waals surface area contributed by atoms with E-state index in [1.54, 1.807) is 43.6 Å². The smallest absolute Gasteiger partial charge is 0.346 e. The van der Waals surface area contributed by atoms with E-state index in [4.69, 9.17) is 9.47 Å². The van der Waals surface area contributed by atoms with Crippen molar-refractivity contribution in [2.75, 3.05) is 13.3 Å². The summed E-state index contributed by atoms with van der Waals surface area (Å²) in [6, 6.07) is 10.9. The molecule has 0 saturated heterocycles. The van der Waals surface area contributed by atoms with E-state index in [0.717, 1.165) is 5.56 Å². The molecule has 0 atom stereocenters. The molecule has 0 saturated carbocycles. The average molecular weight is 393 g/mol. The minimum atomic E-state index is -0.268. The molecule has 0 fully saturated rings. The lowest BCUT2D eigenvalue weighted by Gasteiger charge is -2.02. The maximum atomic E-state index is 12.3. The number of hydrogen-bond donors (Lipinski definition) is 1. The molecule has 1 aromatic carbocycles. The van der Waals surface area contributed by atoms with Gasteiger partial charge in [-0.2, -0.15) is 0 Å². The van der Waals surface area contributed by atoms with Crippen LogP contribution in [0.3, 0.4) is 0 Å². The number of carbonyl (C=O) groups is 1. The van der Waals surface area contributed by atoms with E-state index < -0.39 is 0 Å². The monoisotopic (exact) mass is 393 g/mol. The number of hydrogen-bond acceptors (Lipinski definition) is 6. The Morgan fingerprint density at radius 2 is 2.10 bits per heavy atom. The normalized spacial score (nSPS) is 12.4.